The van der Waals surface area contributed by atoms with E-state index in [0.29, 0.717) is 0 Å². The first kappa shape index (κ1) is 20.5. The maximum Gasteiger partial charge on any atom is 0.283 e. The van der Waals surface area contributed by atoms with Crippen molar-refractivity contribution in [1.82, 2.24) is 4.98 Å². The van der Waals surface area contributed by atoms with Crippen LogP contribution in [0.15, 0.2) is 41.5 Å². The number of rotatable bonds is 5. The predicted octanol–water partition coefficient (Wildman–Crippen LogP) is 3.15. The molecule has 2 aromatic rings. The Morgan fingerprint density at radius 1 is 1.31 bits per heavy atom. The van der Waals surface area contributed by atoms with Crippen LogP contribution >= 0.6 is 0 Å². The predicted molar refractivity (Wildman–Crippen MR) is 93.3 cm³/mol. The van der Waals surface area contributed by atoms with Gasteiger partial charge in [0.1, 0.15) is 30.1 Å². The second-order valence-corrected chi connectivity index (χ2v) is 6.28. The smallest absolute Gasteiger partial charge is 0.283 e. The normalized spacial score (nSPS) is 21.4. The van der Waals surface area contributed by atoms with Crippen molar-refractivity contribution in [2.75, 3.05) is 12.0 Å². The molecule has 29 heavy (non-hydrogen) atoms. The van der Waals surface area contributed by atoms with E-state index in [1.165, 1.54) is 0 Å². The lowest BCUT2D eigenvalue weighted by atomic mass is 9.84. The average Bonchev–Trinajstić information content (AvgIpc) is 2.69. The van der Waals surface area contributed by atoms with Crippen LogP contribution in [0.25, 0.3) is 0 Å². The summed E-state index contributed by atoms with van der Waals surface area (Å²) in [6.07, 6.45) is -4.40. The third kappa shape index (κ3) is 4.13. The van der Waals surface area contributed by atoms with E-state index in [9.17, 15) is 26.7 Å². The van der Waals surface area contributed by atoms with Gasteiger partial charge in [-0.25, -0.2) is 31.9 Å². The highest BCUT2D eigenvalue weighted by molar-refractivity contribution is 6.02. The number of aromatic nitrogens is 1. The fraction of sp³-hybridized carbons (Fsp3) is 0.278. The molecule has 3 rings (SSSR count). The molecule has 1 amide bonds. The van der Waals surface area contributed by atoms with Crippen LogP contribution in [0.1, 0.15) is 22.5 Å². The number of hydrogen-bond acceptors (Lipinski definition) is 5. The van der Waals surface area contributed by atoms with Crippen LogP contribution in [0.3, 0.4) is 0 Å². The Balaban J connectivity index is 1.98. The number of amidine groups is 1. The first-order valence-corrected chi connectivity index (χ1v) is 8.34. The van der Waals surface area contributed by atoms with Crippen molar-refractivity contribution < 1.29 is 31.5 Å². The van der Waals surface area contributed by atoms with Crippen molar-refractivity contribution in [2.24, 2.45) is 10.7 Å². The zero-order valence-corrected chi connectivity index (χ0v) is 14.7. The molecule has 0 fully saturated rings. The Hall–Kier alpha value is -3.24. The molecule has 3 N–H and O–H groups in total. The average molecular weight is 414 g/mol. The van der Waals surface area contributed by atoms with Crippen LogP contribution < -0.4 is 11.1 Å². The SMILES string of the molecule is NC1=N[C@@](c2cc(NC(=O)c3ccc(F)cn3)ccc2F)(C(F)F)C[C@@H](CF)O1. The zero-order chi connectivity index (χ0) is 21.2. The Bertz CT molecular complexity index is 938. The number of carbonyl (C=O) groups is 1. The van der Waals surface area contributed by atoms with Crippen molar-refractivity contribution in [2.45, 2.75) is 24.5 Å². The topological polar surface area (TPSA) is 89.6 Å². The number of alkyl halides is 3. The van der Waals surface area contributed by atoms with E-state index in [1.807, 2.05) is 0 Å². The number of amides is 1. The highest BCUT2D eigenvalue weighted by Crippen LogP contribution is 2.42. The molecule has 0 radical (unpaired) electrons. The molecule has 0 aliphatic carbocycles. The minimum absolute atomic E-state index is 0.0467. The summed E-state index contributed by atoms with van der Waals surface area (Å²) >= 11 is 0. The minimum Gasteiger partial charge on any atom is -0.459 e. The van der Waals surface area contributed by atoms with E-state index in [0.717, 1.165) is 36.5 Å². The molecule has 1 aromatic carbocycles. The first-order valence-electron chi connectivity index (χ1n) is 8.34. The van der Waals surface area contributed by atoms with E-state index in [2.05, 4.69) is 15.3 Å². The summed E-state index contributed by atoms with van der Waals surface area (Å²) in [6, 6.07) is 4.40. The molecule has 2 atom stereocenters. The number of halogens is 5. The van der Waals surface area contributed by atoms with Crippen molar-refractivity contribution >= 4 is 17.6 Å². The van der Waals surface area contributed by atoms with Gasteiger partial charge in [-0.1, -0.05) is 0 Å². The number of nitrogens with one attached hydrogen (secondary N) is 1. The van der Waals surface area contributed by atoms with Gasteiger partial charge in [-0.05, 0) is 30.3 Å². The number of aliphatic imine (C=N–C) groups is 1. The molecule has 1 aliphatic heterocycles. The van der Waals surface area contributed by atoms with Crippen molar-refractivity contribution in [1.29, 1.82) is 0 Å². The molecule has 0 bridgehead atoms. The highest BCUT2D eigenvalue weighted by atomic mass is 19.3. The number of ether oxygens (including phenoxy) is 1. The van der Waals surface area contributed by atoms with Gasteiger partial charge in [0.2, 0.25) is 0 Å². The molecule has 2 heterocycles. The van der Waals surface area contributed by atoms with Gasteiger partial charge in [0.15, 0.2) is 5.54 Å². The van der Waals surface area contributed by atoms with Crippen LogP contribution in [0.2, 0.25) is 0 Å². The van der Waals surface area contributed by atoms with Gasteiger partial charge in [-0.3, -0.25) is 4.79 Å². The number of anilines is 1. The van der Waals surface area contributed by atoms with Crippen molar-refractivity contribution in [3.05, 3.63) is 59.4 Å². The van der Waals surface area contributed by atoms with Gasteiger partial charge in [-0.2, -0.15) is 0 Å². The van der Waals surface area contributed by atoms with Gasteiger partial charge in [-0.15, -0.1) is 0 Å². The van der Waals surface area contributed by atoms with Gasteiger partial charge in [0.25, 0.3) is 18.4 Å². The molecular formula is C18H15F5N4O2. The first-order chi connectivity index (χ1) is 13.7. The second-order valence-electron chi connectivity index (χ2n) is 6.28. The molecule has 6 nitrogen and oxygen atoms in total. The second kappa shape index (κ2) is 8.02. The van der Waals surface area contributed by atoms with E-state index in [4.69, 9.17) is 10.5 Å². The van der Waals surface area contributed by atoms with Gasteiger partial charge < -0.3 is 15.8 Å². The monoisotopic (exact) mass is 414 g/mol. The Morgan fingerprint density at radius 2 is 2.07 bits per heavy atom. The summed E-state index contributed by atoms with van der Waals surface area (Å²) in [5.74, 6) is -2.47. The molecule has 0 saturated heterocycles. The minimum atomic E-state index is -3.24. The molecule has 0 saturated carbocycles. The molecule has 1 aromatic heterocycles. The molecule has 0 spiro atoms. The molecule has 1 aliphatic rings. The van der Waals surface area contributed by atoms with Crippen LogP contribution in [0, 0.1) is 11.6 Å². The summed E-state index contributed by atoms with van der Waals surface area (Å²) in [5, 5.41) is 2.36. The molecule has 11 heteroatoms. The van der Waals surface area contributed by atoms with Gasteiger partial charge >= 0.3 is 0 Å². The summed E-state index contributed by atoms with van der Waals surface area (Å²) in [6.45, 7) is -1.13. The Morgan fingerprint density at radius 3 is 2.69 bits per heavy atom. The zero-order valence-electron chi connectivity index (χ0n) is 14.7. The number of carbonyl (C=O) groups excluding carboxylic acids is 1. The number of benzene rings is 1. The van der Waals surface area contributed by atoms with Gasteiger partial charge in [0.05, 0.1) is 6.20 Å². The largest absolute Gasteiger partial charge is 0.459 e. The maximum absolute atomic E-state index is 14.5. The lowest BCUT2D eigenvalue weighted by Crippen LogP contribution is -2.46. The lowest BCUT2D eigenvalue weighted by Gasteiger charge is -2.36. The Labute approximate surface area is 161 Å². The molecular weight excluding hydrogens is 399 g/mol. The summed E-state index contributed by atoms with van der Waals surface area (Å²) in [7, 11) is 0. The quantitative estimate of drug-likeness (QED) is 0.736. The fourth-order valence-corrected chi connectivity index (χ4v) is 2.98. The number of hydrogen-bond donors (Lipinski definition) is 2. The number of nitrogens with two attached hydrogens (primary N) is 1. The van der Waals surface area contributed by atoms with Crippen LogP contribution in [0.4, 0.5) is 27.6 Å². The summed E-state index contributed by atoms with van der Waals surface area (Å²) < 4.78 is 73.3. The van der Waals surface area contributed by atoms with E-state index in [1.54, 1.807) is 0 Å². The van der Waals surface area contributed by atoms with Crippen molar-refractivity contribution in [3.63, 3.8) is 0 Å². The lowest BCUT2D eigenvalue weighted by molar-refractivity contribution is -0.00510. The molecule has 154 valence electrons. The number of pyridine rings is 1. The van der Waals surface area contributed by atoms with Crippen LogP contribution in [-0.2, 0) is 10.3 Å². The third-order valence-corrected chi connectivity index (χ3v) is 4.32. The van der Waals surface area contributed by atoms with Crippen LogP contribution in [-0.4, -0.2) is 36.1 Å². The van der Waals surface area contributed by atoms with Crippen molar-refractivity contribution in [3.8, 4) is 0 Å². The summed E-state index contributed by atoms with van der Waals surface area (Å²) in [4.78, 5) is 19.4. The van der Waals surface area contributed by atoms with E-state index >= 15 is 0 Å². The standard InChI is InChI=1S/C18H15F5N4O2/c19-7-11-6-18(16(22)23,27-17(24)29-11)12-5-10(2-3-13(12)21)26-15(28)14-4-1-9(20)8-25-14/h1-5,8,11,16H,6-7H2,(H2,24,27)(H,26,28)/t11-,18-/m0/s1. The Kier molecular flexibility index (Phi) is 5.66. The molecule has 0 unspecified atom stereocenters. The van der Waals surface area contributed by atoms with Gasteiger partial charge in [0, 0.05) is 17.7 Å². The van der Waals surface area contributed by atoms with Crippen LogP contribution in [0.5, 0.6) is 0 Å². The number of nitrogens with zero attached hydrogens (tertiary/aromatic N) is 2. The maximum atomic E-state index is 14.5. The summed E-state index contributed by atoms with van der Waals surface area (Å²) in [5.41, 5.74) is 2.14. The fourth-order valence-electron chi connectivity index (χ4n) is 2.98. The third-order valence-electron chi connectivity index (χ3n) is 4.32. The highest BCUT2D eigenvalue weighted by Gasteiger charge is 2.49. The van der Waals surface area contributed by atoms with E-state index in [-0.39, 0.29) is 11.4 Å². The van der Waals surface area contributed by atoms with E-state index < -0.39 is 60.3 Å².